The SMILES string of the molecule is CCCCNC(=O)Nc1c(C)cnc2c(NC(=O)c3c(Cl)cccc3Cl)cccc12. The number of nitrogens with one attached hydrogen (secondary N) is 3. The monoisotopic (exact) mass is 444 g/mol. The van der Waals surface area contributed by atoms with Gasteiger partial charge in [-0.1, -0.05) is 54.7 Å². The number of anilines is 2. The first-order chi connectivity index (χ1) is 14.4. The molecule has 3 rings (SSSR count). The van der Waals surface area contributed by atoms with Gasteiger partial charge in [0.2, 0.25) is 0 Å². The first-order valence-corrected chi connectivity index (χ1v) is 10.4. The highest BCUT2D eigenvalue weighted by atomic mass is 35.5. The lowest BCUT2D eigenvalue weighted by molar-refractivity contribution is 0.102. The topological polar surface area (TPSA) is 83.1 Å². The van der Waals surface area contributed by atoms with Crippen LogP contribution in [-0.4, -0.2) is 23.5 Å². The van der Waals surface area contributed by atoms with Crippen molar-refractivity contribution in [2.45, 2.75) is 26.7 Å². The maximum Gasteiger partial charge on any atom is 0.319 e. The Morgan fingerprint density at radius 2 is 1.73 bits per heavy atom. The van der Waals surface area contributed by atoms with Gasteiger partial charge in [0.1, 0.15) is 0 Å². The second kappa shape index (κ2) is 9.78. The average molecular weight is 445 g/mol. The summed E-state index contributed by atoms with van der Waals surface area (Å²) in [5, 5.41) is 9.79. The molecular formula is C22H22Cl2N4O2. The number of hydrogen-bond acceptors (Lipinski definition) is 3. The molecule has 0 spiro atoms. The summed E-state index contributed by atoms with van der Waals surface area (Å²) in [5.41, 5.74) is 2.68. The van der Waals surface area contributed by atoms with Crippen LogP contribution < -0.4 is 16.0 Å². The van der Waals surface area contributed by atoms with E-state index in [1.54, 1.807) is 36.5 Å². The number of fused-ring (bicyclic) bond motifs is 1. The van der Waals surface area contributed by atoms with Crippen LogP contribution in [0.3, 0.4) is 0 Å². The molecule has 0 aliphatic carbocycles. The van der Waals surface area contributed by atoms with Crippen LogP contribution in [0.15, 0.2) is 42.6 Å². The lowest BCUT2D eigenvalue weighted by Gasteiger charge is -2.15. The van der Waals surface area contributed by atoms with Crippen LogP contribution in [0, 0.1) is 6.92 Å². The van der Waals surface area contributed by atoms with E-state index in [1.807, 2.05) is 13.0 Å². The lowest BCUT2D eigenvalue weighted by Crippen LogP contribution is -2.29. The molecule has 0 saturated carbocycles. The number of carbonyl (C=O) groups excluding carboxylic acids is 2. The molecular weight excluding hydrogens is 423 g/mol. The van der Waals surface area contributed by atoms with Gasteiger partial charge in [0.05, 0.1) is 32.5 Å². The summed E-state index contributed by atoms with van der Waals surface area (Å²) in [7, 11) is 0. The summed E-state index contributed by atoms with van der Waals surface area (Å²) >= 11 is 12.3. The normalized spacial score (nSPS) is 10.7. The van der Waals surface area contributed by atoms with Crippen LogP contribution in [-0.2, 0) is 0 Å². The number of pyridine rings is 1. The Morgan fingerprint density at radius 1 is 1.03 bits per heavy atom. The first kappa shape index (κ1) is 21.9. The van der Waals surface area contributed by atoms with Gasteiger partial charge in [0.25, 0.3) is 5.91 Å². The van der Waals surface area contributed by atoms with Crippen LogP contribution >= 0.6 is 23.2 Å². The van der Waals surface area contributed by atoms with Crippen LogP contribution in [0.1, 0.15) is 35.7 Å². The number of aromatic nitrogens is 1. The number of urea groups is 1. The van der Waals surface area contributed by atoms with Crippen molar-refractivity contribution in [1.82, 2.24) is 10.3 Å². The number of carbonyl (C=O) groups is 2. The van der Waals surface area contributed by atoms with Gasteiger partial charge in [-0.15, -0.1) is 0 Å². The Kier molecular flexibility index (Phi) is 7.13. The van der Waals surface area contributed by atoms with Crippen LogP contribution in [0.4, 0.5) is 16.2 Å². The minimum atomic E-state index is -0.438. The number of amides is 3. The largest absolute Gasteiger partial charge is 0.338 e. The van der Waals surface area contributed by atoms with E-state index < -0.39 is 5.91 Å². The highest BCUT2D eigenvalue weighted by Crippen LogP contribution is 2.31. The zero-order valence-corrected chi connectivity index (χ0v) is 18.2. The van der Waals surface area contributed by atoms with E-state index in [9.17, 15) is 9.59 Å². The molecule has 6 nitrogen and oxygen atoms in total. The fraction of sp³-hybridized carbons (Fsp3) is 0.227. The third kappa shape index (κ3) is 4.83. The second-order valence-electron chi connectivity index (χ2n) is 6.80. The van der Waals surface area contributed by atoms with Crippen molar-refractivity contribution in [2.24, 2.45) is 0 Å². The van der Waals surface area contributed by atoms with E-state index in [0.29, 0.717) is 28.8 Å². The summed E-state index contributed by atoms with van der Waals surface area (Å²) in [6.07, 6.45) is 3.56. The van der Waals surface area contributed by atoms with E-state index in [2.05, 4.69) is 27.9 Å². The van der Waals surface area contributed by atoms with Crippen molar-refractivity contribution in [3.8, 4) is 0 Å². The molecule has 1 heterocycles. The van der Waals surface area contributed by atoms with E-state index >= 15 is 0 Å². The van der Waals surface area contributed by atoms with Crippen LogP contribution in [0.25, 0.3) is 10.9 Å². The summed E-state index contributed by atoms with van der Waals surface area (Å²) in [6.45, 7) is 4.53. The first-order valence-electron chi connectivity index (χ1n) is 9.61. The highest BCUT2D eigenvalue weighted by Gasteiger charge is 2.17. The molecule has 0 saturated heterocycles. The zero-order chi connectivity index (χ0) is 21.7. The van der Waals surface area contributed by atoms with Crippen molar-refractivity contribution in [3.63, 3.8) is 0 Å². The lowest BCUT2D eigenvalue weighted by atomic mass is 10.1. The molecule has 0 aliphatic heterocycles. The van der Waals surface area contributed by atoms with E-state index in [1.165, 1.54) is 0 Å². The predicted octanol–water partition coefficient (Wildman–Crippen LogP) is 6.02. The Balaban J connectivity index is 1.92. The van der Waals surface area contributed by atoms with Gasteiger partial charge in [0.15, 0.2) is 0 Å². The maximum atomic E-state index is 12.8. The fourth-order valence-corrected chi connectivity index (χ4v) is 3.59. The van der Waals surface area contributed by atoms with Gasteiger partial charge < -0.3 is 16.0 Å². The minimum Gasteiger partial charge on any atom is -0.338 e. The molecule has 0 radical (unpaired) electrons. The average Bonchev–Trinajstić information content (AvgIpc) is 2.70. The Labute approximate surface area is 185 Å². The van der Waals surface area contributed by atoms with Gasteiger partial charge in [-0.3, -0.25) is 9.78 Å². The molecule has 0 unspecified atom stereocenters. The zero-order valence-electron chi connectivity index (χ0n) is 16.7. The molecule has 1 aromatic heterocycles. The molecule has 8 heteroatoms. The second-order valence-corrected chi connectivity index (χ2v) is 7.62. The Bertz CT molecular complexity index is 1080. The quantitative estimate of drug-likeness (QED) is 0.406. The number of benzene rings is 2. The van der Waals surface area contributed by atoms with Crippen molar-refractivity contribution in [1.29, 1.82) is 0 Å². The molecule has 2 aromatic carbocycles. The third-order valence-electron chi connectivity index (χ3n) is 4.58. The predicted molar refractivity (Wildman–Crippen MR) is 123 cm³/mol. The Hall–Kier alpha value is -2.83. The Morgan fingerprint density at radius 3 is 2.43 bits per heavy atom. The molecule has 0 bridgehead atoms. The molecule has 3 amide bonds. The maximum absolute atomic E-state index is 12.8. The summed E-state index contributed by atoms with van der Waals surface area (Å²) < 4.78 is 0. The number of aryl methyl sites for hydroxylation is 1. The molecule has 0 fully saturated rings. The number of nitrogens with zero attached hydrogens (tertiary/aromatic N) is 1. The number of para-hydroxylation sites is 1. The molecule has 0 atom stereocenters. The van der Waals surface area contributed by atoms with Crippen molar-refractivity contribution in [2.75, 3.05) is 17.2 Å². The van der Waals surface area contributed by atoms with Gasteiger partial charge >= 0.3 is 6.03 Å². The van der Waals surface area contributed by atoms with Crippen molar-refractivity contribution in [3.05, 3.63) is 63.8 Å². The standard InChI is InChI=1S/C22H22Cl2N4O2/c1-3-4-11-25-22(30)28-19-13(2)12-26-20-14(19)7-5-10-17(20)27-21(29)18-15(23)8-6-9-16(18)24/h5-10,12H,3-4,11H2,1-2H3,(H,27,29)(H2,25,26,28,30). The molecule has 3 aromatic rings. The van der Waals surface area contributed by atoms with Crippen molar-refractivity contribution >= 4 is 57.4 Å². The fourth-order valence-electron chi connectivity index (χ4n) is 3.03. The number of unbranched alkanes of at least 4 members (excludes halogenated alkanes) is 1. The highest BCUT2D eigenvalue weighted by molar-refractivity contribution is 6.40. The van der Waals surface area contributed by atoms with Crippen molar-refractivity contribution < 1.29 is 9.59 Å². The minimum absolute atomic E-state index is 0.193. The van der Waals surface area contributed by atoms with E-state index in [-0.39, 0.29) is 21.6 Å². The summed E-state index contributed by atoms with van der Waals surface area (Å²) in [4.78, 5) is 29.5. The number of halogens is 2. The van der Waals surface area contributed by atoms with Gasteiger partial charge in [-0.05, 0) is 37.1 Å². The molecule has 30 heavy (non-hydrogen) atoms. The molecule has 3 N–H and O–H groups in total. The van der Waals surface area contributed by atoms with Crippen LogP contribution in [0.2, 0.25) is 10.0 Å². The van der Waals surface area contributed by atoms with E-state index in [4.69, 9.17) is 23.2 Å². The van der Waals surface area contributed by atoms with E-state index in [0.717, 1.165) is 18.4 Å². The number of rotatable bonds is 6. The van der Waals surface area contributed by atoms with Gasteiger partial charge in [-0.2, -0.15) is 0 Å². The summed E-state index contributed by atoms with van der Waals surface area (Å²) in [5.74, 6) is -0.438. The number of hydrogen-bond donors (Lipinski definition) is 3. The van der Waals surface area contributed by atoms with Gasteiger partial charge in [0, 0.05) is 18.1 Å². The smallest absolute Gasteiger partial charge is 0.319 e. The van der Waals surface area contributed by atoms with Crippen LogP contribution in [0.5, 0.6) is 0 Å². The van der Waals surface area contributed by atoms with Gasteiger partial charge in [-0.25, -0.2) is 4.79 Å². The molecule has 156 valence electrons. The molecule has 0 aliphatic rings. The third-order valence-corrected chi connectivity index (χ3v) is 5.21. The summed E-state index contributed by atoms with van der Waals surface area (Å²) in [6, 6.07) is 9.96.